The first-order chi connectivity index (χ1) is 11.5. The van der Waals surface area contributed by atoms with Crippen molar-refractivity contribution in [3.8, 4) is 0 Å². The molecule has 0 bridgehead atoms. The number of rotatable bonds is 11. The van der Waals surface area contributed by atoms with Crippen LogP contribution in [-0.4, -0.2) is 8.07 Å². The fraction of sp³-hybridized carbons (Fsp3) is 0.565. The van der Waals surface area contributed by atoms with Crippen LogP contribution in [0.5, 0.6) is 0 Å². The van der Waals surface area contributed by atoms with Crippen LogP contribution in [0.25, 0.3) is 0 Å². The summed E-state index contributed by atoms with van der Waals surface area (Å²) in [4.78, 5) is 0. The van der Waals surface area contributed by atoms with E-state index in [0.29, 0.717) is 0 Å². The molecule has 24 heavy (non-hydrogen) atoms. The highest BCUT2D eigenvalue weighted by Crippen LogP contribution is 2.24. The molecule has 0 aliphatic carbocycles. The van der Waals surface area contributed by atoms with Gasteiger partial charge in [-0.05, 0) is 37.7 Å². The normalized spacial score (nSPS) is 13.4. The summed E-state index contributed by atoms with van der Waals surface area (Å²) in [5.41, 5.74) is 3.06. The molecular formula is C23H38Si. The summed E-state index contributed by atoms with van der Waals surface area (Å²) < 4.78 is 0. The number of hydrogen-bond donors (Lipinski definition) is 0. The Bertz CT molecular complexity index is 503. The molecule has 1 aromatic carbocycles. The van der Waals surface area contributed by atoms with Crippen molar-refractivity contribution >= 4 is 8.07 Å². The van der Waals surface area contributed by atoms with Crippen LogP contribution in [0.2, 0.25) is 19.6 Å². The van der Waals surface area contributed by atoms with Crippen molar-refractivity contribution in [1.82, 2.24) is 0 Å². The molecule has 0 spiro atoms. The molecule has 0 fully saturated rings. The van der Waals surface area contributed by atoms with Crippen LogP contribution in [-0.2, 0) is 6.42 Å². The van der Waals surface area contributed by atoms with E-state index < -0.39 is 8.07 Å². The van der Waals surface area contributed by atoms with Crippen LogP contribution >= 0.6 is 0 Å². The average molecular weight is 343 g/mol. The van der Waals surface area contributed by atoms with Gasteiger partial charge < -0.3 is 0 Å². The third-order valence-corrected chi connectivity index (χ3v) is 6.95. The maximum Gasteiger partial charge on any atom is 0.0724 e. The highest BCUT2D eigenvalue weighted by Gasteiger charge is 2.19. The molecule has 0 aliphatic heterocycles. The van der Waals surface area contributed by atoms with Crippen molar-refractivity contribution in [2.45, 2.75) is 84.9 Å². The zero-order valence-corrected chi connectivity index (χ0v) is 17.7. The maximum absolute atomic E-state index is 2.58. The van der Waals surface area contributed by atoms with Crippen molar-refractivity contribution in [2.24, 2.45) is 0 Å². The molecule has 134 valence electrons. The maximum atomic E-state index is 2.58. The number of hydrogen-bond acceptors (Lipinski definition) is 0. The van der Waals surface area contributed by atoms with Gasteiger partial charge in [0.1, 0.15) is 0 Å². The van der Waals surface area contributed by atoms with Crippen LogP contribution in [0, 0.1) is 0 Å². The Morgan fingerprint density at radius 1 is 0.917 bits per heavy atom. The van der Waals surface area contributed by atoms with E-state index in [0.717, 1.165) is 0 Å². The largest absolute Gasteiger partial charge is 0.0813 e. The van der Waals surface area contributed by atoms with Gasteiger partial charge in [0.2, 0.25) is 0 Å². The van der Waals surface area contributed by atoms with E-state index in [4.69, 9.17) is 0 Å². The molecular weight excluding hydrogens is 304 g/mol. The Morgan fingerprint density at radius 2 is 1.58 bits per heavy atom. The van der Waals surface area contributed by atoms with Gasteiger partial charge in [-0.25, -0.2) is 0 Å². The second-order valence-corrected chi connectivity index (χ2v) is 13.1. The fourth-order valence-corrected chi connectivity index (χ4v) is 4.41. The monoisotopic (exact) mass is 342 g/mol. The number of allylic oxidation sites excluding steroid dienone is 4. The van der Waals surface area contributed by atoms with Gasteiger partial charge in [0.05, 0.1) is 8.07 Å². The van der Waals surface area contributed by atoms with E-state index in [1.54, 1.807) is 10.8 Å². The van der Waals surface area contributed by atoms with Crippen LogP contribution in [0.1, 0.15) is 64.4 Å². The van der Waals surface area contributed by atoms with Crippen molar-refractivity contribution in [2.75, 3.05) is 0 Å². The van der Waals surface area contributed by atoms with Gasteiger partial charge in [0.15, 0.2) is 0 Å². The third kappa shape index (κ3) is 8.68. The summed E-state index contributed by atoms with van der Waals surface area (Å²) >= 11 is 0. The highest BCUT2D eigenvalue weighted by molar-refractivity contribution is 6.83. The number of unbranched alkanes of at least 4 members (excludes halogenated alkanes) is 3. The SMILES string of the molecule is CCCC/C=C(/C=C(/CCc1ccccc1)[Si](C)(C)C)CCCC. The average Bonchev–Trinajstić information content (AvgIpc) is 2.55. The Labute approximate surface area is 152 Å². The Kier molecular flexibility index (Phi) is 10.0. The van der Waals surface area contributed by atoms with Crippen LogP contribution in [0.3, 0.4) is 0 Å². The highest BCUT2D eigenvalue weighted by atomic mass is 28.3. The molecule has 1 rings (SSSR count). The predicted octanol–water partition coefficient (Wildman–Crippen LogP) is 7.73. The molecule has 0 nitrogen and oxygen atoms in total. The lowest BCUT2D eigenvalue weighted by atomic mass is 10.0. The molecule has 0 aromatic heterocycles. The van der Waals surface area contributed by atoms with Crippen molar-refractivity contribution in [3.05, 3.63) is 58.8 Å². The zero-order valence-electron chi connectivity index (χ0n) is 16.7. The fourth-order valence-electron chi connectivity index (χ4n) is 2.92. The molecule has 0 radical (unpaired) electrons. The topological polar surface area (TPSA) is 0 Å². The summed E-state index contributed by atoms with van der Waals surface area (Å²) in [6, 6.07) is 10.9. The van der Waals surface area contributed by atoms with Crippen molar-refractivity contribution < 1.29 is 0 Å². The molecule has 1 heteroatoms. The van der Waals surface area contributed by atoms with Crippen molar-refractivity contribution in [3.63, 3.8) is 0 Å². The van der Waals surface area contributed by atoms with E-state index in [9.17, 15) is 0 Å². The second kappa shape index (κ2) is 11.5. The molecule has 0 aliphatic rings. The molecule has 0 amide bonds. The molecule has 0 saturated heterocycles. The van der Waals surface area contributed by atoms with Crippen molar-refractivity contribution in [1.29, 1.82) is 0 Å². The molecule has 1 aromatic rings. The van der Waals surface area contributed by atoms with E-state index in [-0.39, 0.29) is 0 Å². The van der Waals surface area contributed by atoms with Gasteiger partial charge in [0.25, 0.3) is 0 Å². The quantitative estimate of drug-likeness (QED) is 0.219. The van der Waals surface area contributed by atoms with E-state index in [1.807, 2.05) is 0 Å². The van der Waals surface area contributed by atoms with Gasteiger partial charge in [-0.3, -0.25) is 0 Å². The minimum absolute atomic E-state index is 1.17. The number of aryl methyl sites for hydroxylation is 1. The van der Waals surface area contributed by atoms with Gasteiger partial charge in [0, 0.05) is 0 Å². The Hall–Kier alpha value is -1.08. The molecule has 0 N–H and O–H groups in total. The second-order valence-electron chi connectivity index (χ2n) is 7.93. The first-order valence-electron chi connectivity index (χ1n) is 9.91. The third-order valence-electron chi connectivity index (χ3n) is 4.63. The Balaban J connectivity index is 2.88. The molecule has 0 atom stereocenters. The Morgan fingerprint density at radius 3 is 2.17 bits per heavy atom. The summed E-state index contributed by atoms with van der Waals surface area (Å²) in [5, 5.41) is 1.73. The molecule has 0 saturated carbocycles. The van der Waals surface area contributed by atoms with Gasteiger partial charge in [-0.15, -0.1) is 0 Å². The summed E-state index contributed by atoms with van der Waals surface area (Å²) in [6.07, 6.45) is 15.2. The molecule has 0 heterocycles. The van der Waals surface area contributed by atoms with E-state index in [1.165, 1.54) is 56.9 Å². The van der Waals surface area contributed by atoms with Crippen LogP contribution in [0.4, 0.5) is 0 Å². The van der Waals surface area contributed by atoms with Gasteiger partial charge >= 0.3 is 0 Å². The number of benzene rings is 1. The summed E-state index contributed by atoms with van der Waals surface area (Å²) in [6.45, 7) is 12.1. The lowest BCUT2D eigenvalue weighted by Crippen LogP contribution is -2.24. The predicted molar refractivity (Wildman–Crippen MR) is 113 cm³/mol. The summed E-state index contributed by atoms with van der Waals surface area (Å²) in [5.74, 6) is 0. The van der Waals surface area contributed by atoms with E-state index >= 15 is 0 Å². The molecule has 0 unspecified atom stereocenters. The zero-order chi connectivity index (χ0) is 17.8. The van der Waals surface area contributed by atoms with Gasteiger partial charge in [-0.2, -0.15) is 0 Å². The van der Waals surface area contributed by atoms with Gasteiger partial charge in [-0.1, -0.05) is 106 Å². The summed E-state index contributed by atoms with van der Waals surface area (Å²) in [7, 11) is -1.27. The van der Waals surface area contributed by atoms with Crippen LogP contribution in [0.15, 0.2) is 53.3 Å². The standard InChI is InChI=1S/C23H38Si/c1-6-8-11-17-22(14-9-7-2)20-23(24(3,4)5)19-18-21-15-12-10-13-16-21/h10,12-13,15-17,20H,6-9,11,14,18-19H2,1-5H3/b22-17+,23-20-. The first kappa shape index (κ1) is 21.0. The minimum Gasteiger partial charge on any atom is -0.0813 e. The lowest BCUT2D eigenvalue weighted by Gasteiger charge is -2.22. The smallest absolute Gasteiger partial charge is 0.0724 e. The van der Waals surface area contributed by atoms with E-state index in [2.05, 4.69) is 76.0 Å². The van der Waals surface area contributed by atoms with Crippen LogP contribution < -0.4 is 0 Å². The lowest BCUT2D eigenvalue weighted by molar-refractivity contribution is 0.777. The first-order valence-corrected chi connectivity index (χ1v) is 13.4. The minimum atomic E-state index is -1.27.